The Morgan fingerprint density at radius 3 is 2.36 bits per heavy atom. The summed E-state index contributed by atoms with van der Waals surface area (Å²) in [5.41, 5.74) is 0.995. The number of hydrogen-bond donors (Lipinski definition) is 0. The summed E-state index contributed by atoms with van der Waals surface area (Å²) >= 11 is 7.76. The van der Waals surface area contributed by atoms with E-state index in [0.29, 0.717) is 40.1 Å². The highest BCUT2D eigenvalue weighted by Crippen LogP contribution is 2.39. The minimum absolute atomic E-state index is 0.0646. The molecule has 11 heteroatoms. The summed E-state index contributed by atoms with van der Waals surface area (Å²) in [5, 5.41) is 1.05. The summed E-state index contributed by atoms with van der Waals surface area (Å²) in [6.45, 7) is 6.96. The van der Waals surface area contributed by atoms with Gasteiger partial charge >= 0.3 is 0 Å². The number of amides is 1. The molecule has 4 rings (SSSR count). The summed E-state index contributed by atoms with van der Waals surface area (Å²) in [5.74, 6) is 0.332. The molecule has 1 aliphatic carbocycles. The number of likely N-dealkylation sites (N-methyl/N-ethyl adjacent to an activating group) is 1. The zero-order valence-corrected chi connectivity index (χ0v) is 23.3. The Morgan fingerprint density at radius 1 is 1.11 bits per heavy atom. The maximum Gasteiger partial charge on any atom is 0.260 e. The number of ether oxygens (including phenoxy) is 1. The lowest BCUT2D eigenvalue weighted by Gasteiger charge is -2.25. The standard InChI is InChI=1S/C25H31ClN4O4S2/c1-5-29(6-2)15-16-30(25-27-22-21(34-4)14-13-20(26)23(22)35-25)24(31)17-7-11-19(12-8-17)36(32,33)28(3)18-9-10-18/h7-8,11-14,18H,5-6,9-10,15-16H2,1-4H3. The van der Waals surface area contributed by atoms with E-state index in [1.165, 1.54) is 27.8 Å². The third-order valence-electron chi connectivity index (χ3n) is 6.52. The molecule has 1 saturated carbocycles. The van der Waals surface area contributed by atoms with Gasteiger partial charge in [0.2, 0.25) is 10.0 Å². The summed E-state index contributed by atoms with van der Waals surface area (Å²) in [6.07, 6.45) is 1.76. The monoisotopic (exact) mass is 550 g/mol. The summed E-state index contributed by atoms with van der Waals surface area (Å²) in [7, 11) is -0.410. The number of thiazole rings is 1. The SMILES string of the molecule is CCN(CC)CCN(C(=O)c1ccc(S(=O)(=O)N(C)C2CC2)cc1)c1nc2c(OC)ccc(Cl)c2s1. The highest BCUT2D eigenvalue weighted by atomic mass is 35.5. The number of fused-ring (bicyclic) bond motifs is 1. The Balaban J connectivity index is 1.67. The highest BCUT2D eigenvalue weighted by Gasteiger charge is 2.35. The zero-order chi connectivity index (χ0) is 26.0. The number of hydrogen-bond acceptors (Lipinski definition) is 7. The number of halogens is 1. The van der Waals surface area contributed by atoms with Crippen LogP contribution in [0.1, 0.15) is 37.0 Å². The fraction of sp³-hybridized carbons (Fsp3) is 0.440. The number of nitrogens with zero attached hydrogens (tertiary/aromatic N) is 4. The maximum atomic E-state index is 13.7. The molecule has 36 heavy (non-hydrogen) atoms. The summed E-state index contributed by atoms with van der Waals surface area (Å²) in [6, 6.07) is 9.72. The van der Waals surface area contributed by atoms with Crippen molar-refractivity contribution in [2.45, 2.75) is 37.6 Å². The van der Waals surface area contributed by atoms with E-state index >= 15 is 0 Å². The number of carbonyl (C=O) groups is 1. The van der Waals surface area contributed by atoms with Gasteiger partial charge < -0.3 is 9.64 Å². The topological polar surface area (TPSA) is 83.1 Å². The van der Waals surface area contributed by atoms with Crippen LogP contribution in [0.25, 0.3) is 10.2 Å². The van der Waals surface area contributed by atoms with Crippen LogP contribution in [0.5, 0.6) is 5.75 Å². The number of methoxy groups -OCH3 is 1. The Hall–Kier alpha value is -2.24. The third kappa shape index (κ3) is 5.38. The van der Waals surface area contributed by atoms with Gasteiger partial charge in [0.25, 0.3) is 5.91 Å². The van der Waals surface area contributed by atoms with Gasteiger partial charge in [-0.15, -0.1) is 0 Å². The van der Waals surface area contributed by atoms with Gasteiger partial charge in [0.1, 0.15) is 11.3 Å². The number of anilines is 1. The lowest BCUT2D eigenvalue weighted by Crippen LogP contribution is -2.39. The van der Waals surface area contributed by atoms with Crippen LogP contribution in [0.3, 0.4) is 0 Å². The van der Waals surface area contributed by atoms with E-state index in [2.05, 4.69) is 18.7 Å². The van der Waals surface area contributed by atoms with Crippen LogP contribution >= 0.6 is 22.9 Å². The normalized spacial score (nSPS) is 14.1. The number of carbonyl (C=O) groups excluding carboxylic acids is 1. The van der Waals surface area contributed by atoms with E-state index in [1.54, 1.807) is 43.3 Å². The van der Waals surface area contributed by atoms with Gasteiger partial charge in [0.05, 0.1) is 21.7 Å². The molecule has 3 aromatic rings. The number of benzene rings is 2. The van der Waals surface area contributed by atoms with Gasteiger partial charge in [-0.25, -0.2) is 13.4 Å². The van der Waals surface area contributed by atoms with E-state index in [-0.39, 0.29) is 16.8 Å². The first kappa shape index (κ1) is 26.8. The van der Waals surface area contributed by atoms with Gasteiger partial charge in [0.15, 0.2) is 5.13 Å². The number of rotatable bonds is 11. The van der Waals surface area contributed by atoms with Gasteiger partial charge in [-0.1, -0.05) is 36.8 Å². The molecule has 0 aliphatic heterocycles. The number of sulfonamides is 1. The molecule has 194 valence electrons. The molecule has 0 spiro atoms. The first-order valence-corrected chi connectivity index (χ1v) is 14.6. The van der Waals surface area contributed by atoms with Crippen molar-refractivity contribution in [2.24, 2.45) is 0 Å². The fourth-order valence-electron chi connectivity index (χ4n) is 4.01. The molecule has 2 aromatic carbocycles. The molecule has 0 bridgehead atoms. The average Bonchev–Trinajstić information content (AvgIpc) is 3.64. The molecular formula is C25H31ClN4O4S2. The Kier molecular flexibility index (Phi) is 8.21. The number of aromatic nitrogens is 1. The van der Waals surface area contributed by atoms with Crippen LogP contribution in [0.2, 0.25) is 5.02 Å². The van der Waals surface area contributed by atoms with Crippen molar-refractivity contribution in [2.75, 3.05) is 45.2 Å². The first-order valence-electron chi connectivity index (χ1n) is 12.0. The molecule has 1 heterocycles. The molecule has 0 unspecified atom stereocenters. The quantitative estimate of drug-likeness (QED) is 0.343. The minimum Gasteiger partial charge on any atom is -0.494 e. The largest absolute Gasteiger partial charge is 0.494 e. The van der Waals surface area contributed by atoms with Crippen molar-refractivity contribution in [3.63, 3.8) is 0 Å². The van der Waals surface area contributed by atoms with Gasteiger partial charge in [0, 0.05) is 31.7 Å². The molecule has 1 amide bonds. The fourth-order valence-corrected chi connectivity index (χ4v) is 6.71. The van der Waals surface area contributed by atoms with Crippen LogP contribution in [0, 0.1) is 0 Å². The van der Waals surface area contributed by atoms with Crippen molar-refractivity contribution in [1.29, 1.82) is 0 Å². The van der Waals surface area contributed by atoms with Crippen LogP contribution in [0.15, 0.2) is 41.3 Å². The predicted octanol–water partition coefficient (Wildman–Crippen LogP) is 4.73. The minimum atomic E-state index is -3.59. The van der Waals surface area contributed by atoms with Crippen LogP contribution in [-0.2, 0) is 10.0 Å². The Bertz CT molecular complexity index is 1340. The molecule has 0 radical (unpaired) electrons. The third-order valence-corrected chi connectivity index (χ3v) is 9.98. The van der Waals surface area contributed by atoms with Crippen LogP contribution < -0.4 is 9.64 Å². The molecule has 1 fully saturated rings. The second-order valence-corrected chi connectivity index (χ2v) is 12.1. The van der Waals surface area contributed by atoms with Crippen LogP contribution in [0.4, 0.5) is 5.13 Å². The van der Waals surface area contributed by atoms with E-state index in [9.17, 15) is 13.2 Å². The Morgan fingerprint density at radius 2 is 1.78 bits per heavy atom. The Labute approximate surface area is 221 Å². The first-order chi connectivity index (χ1) is 17.2. The summed E-state index contributed by atoms with van der Waals surface area (Å²) < 4.78 is 33.4. The predicted molar refractivity (Wildman–Crippen MR) is 145 cm³/mol. The van der Waals surface area contributed by atoms with E-state index < -0.39 is 10.0 Å². The summed E-state index contributed by atoms with van der Waals surface area (Å²) in [4.78, 5) is 22.5. The smallest absolute Gasteiger partial charge is 0.260 e. The molecule has 1 aromatic heterocycles. The van der Waals surface area contributed by atoms with Crippen molar-refractivity contribution in [3.05, 3.63) is 47.0 Å². The zero-order valence-electron chi connectivity index (χ0n) is 20.9. The van der Waals surface area contributed by atoms with E-state index in [0.717, 1.165) is 30.6 Å². The van der Waals surface area contributed by atoms with E-state index in [1.807, 2.05) is 0 Å². The maximum absolute atomic E-state index is 13.7. The lowest BCUT2D eigenvalue weighted by molar-refractivity contribution is 0.0983. The molecule has 8 nitrogen and oxygen atoms in total. The second kappa shape index (κ2) is 11.0. The van der Waals surface area contributed by atoms with Crippen LogP contribution in [-0.4, -0.2) is 74.9 Å². The van der Waals surface area contributed by atoms with Crippen molar-refractivity contribution in [3.8, 4) is 5.75 Å². The lowest BCUT2D eigenvalue weighted by atomic mass is 10.2. The van der Waals surface area contributed by atoms with Gasteiger partial charge in [-0.05, 0) is 62.3 Å². The molecule has 0 N–H and O–H groups in total. The van der Waals surface area contributed by atoms with Crippen molar-refractivity contribution in [1.82, 2.24) is 14.2 Å². The molecular weight excluding hydrogens is 520 g/mol. The molecule has 1 aliphatic rings. The van der Waals surface area contributed by atoms with Crippen molar-refractivity contribution >= 4 is 54.2 Å². The van der Waals surface area contributed by atoms with E-state index in [4.69, 9.17) is 21.3 Å². The van der Waals surface area contributed by atoms with Crippen molar-refractivity contribution < 1.29 is 17.9 Å². The highest BCUT2D eigenvalue weighted by molar-refractivity contribution is 7.89. The molecule has 0 atom stereocenters. The second-order valence-electron chi connectivity index (χ2n) is 8.68. The van der Waals surface area contributed by atoms with Gasteiger partial charge in [-0.2, -0.15) is 4.31 Å². The molecule has 0 saturated heterocycles. The average molecular weight is 551 g/mol. The van der Waals surface area contributed by atoms with Gasteiger partial charge in [-0.3, -0.25) is 9.69 Å².